The highest BCUT2D eigenvalue weighted by Crippen LogP contribution is 2.15. The van der Waals surface area contributed by atoms with Gasteiger partial charge in [0.05, 0.1) is 17.2 Å². The molecular weight excluding hydrogens is 364 g/mol. The van der Waals surface area contributed by atoms with Crippen molar-refractivity contribution < 1.29 is 18.4 Å². The summed E-state index contributed by atoms with van der Waals surface area (Å²) in [7, 11) is 0. The zero-order valence-corrected chi connectivity index (χ0v) is 14.9. The van der Waals surface area contributed by atoms with E-state index in [0.29, 0.717) is 0 Å². The van der Waals surface area contributed by atoms with Crippen LogP contribution in [0.3, 0.4) is 0 Å². The van der Waals surface area contributed by atoms with Crippen molar-refractivity contribution in [3.8, 4) is 0 Å². The smallest absolute Gasteiger partial charge is 0.257 e. The van der Waals surface area contributed by atoms with E-state index in [0.717, 1.165) is 17.7 Å². The Labute approximate surface area is 160 Å². The minimum atomic E-state index is -1.07. The van der Waals surface area contributed by atoms with Gasteiger partial charge in [-0.3, -0.25) is 14.6 Å². The second-order valence-corrected chi connectivity index (χ2v) is 6.15. The summed E-state index contributed by atoms with van der Waals surface area (Å²) >= 11 is 0. The fourth-order valence-corrected chi connectivity index (χ4v) is 2.57. The molecule has 0 aliphatic carbocycles. The molecule has 1 aromatic heterocycles. The number of halogens is 2. The van der Waals surface area contributed by atoms with Crippen molar-refractivity contribution in [1.29, 1.82) is 0 Å². The minimum absolute atomic E-state index is 0.0939. The van der Waals surface area contributed by atoms with E-state index < -0.39 is 17.5 Å². The zero-order valence-electron chi connectivity index (χ0n) is 14.9. The molecule has 0 radical (unpaired) electrons. The van der Waals surface area contributed by atoms with Gasteiger partial charge >= 0.3 is 0 Å². The fraction of sp³-hybridized carbons (Fsp3) is 0.0952. The monoisotopic (exact) mass is 381 g/mol. The van der Waals surface area contributed by atoms with Crippen molar-refractivity contribution >= 4 is 17.5 Å². The van der Waals surface area contributed by atoms with Gasteiger partial charge < -0.3 is 10.6 Å². The van der Waals surface area contributed by atoms with Crippen LogP contribution in [-0.2, 0) is 0 Å². The molecule has 5 nitrogen and oxygen atoms in total. The van der Waals surface area contributed by atoms with Gasteiger partial charge in [-0.2, -0.15) is 0 Å². The largest absolute Gasteiger partial charge is 0.345 e. The van der Waals surface area contributed by atoms with Gasteiger partial charge in [-0.15, -0.1) is 0 Å². The number of anilines is 1. The summed E-state index contributed by atoms with van der Waals surface area (Å²) in [6.07, 6.45) is 2.63. The standard InChI is InChI=1S/C21H17F2N3O2/c1-13(14-5-3-2-4-6-14)25-20(27)15-9-16(12-24-11-15)21(28)26-17-7-8-18(22)19(23)10-17/h2-13H,1H3,(H,25,27)(H,26,28). The molecular formula is C21H17F2N3O2. The van der Waals surface area contributed by atoms with Crippen molar-refractivity contribution in [3.05, 3.63) is 95.3 Å². The Balaban J connectivity index is 1.71. The summed E-state index contributed by atoms with van der Waals surface area (Å²) in [6.45, 7) is 1.85. The first-order valence-corrected chi connectivity index (χ1v) is 8.51. The van der Waals surface area contributed by atoms with Crippen molar-refractivity contribution in [1.82, 2.24) is 10.3 Å². The molecule has 28 heavy (non-hydrogen) atoms. The normalized spacial score (nSPS) is 11.5. The number of aromatic nitrogens is 1. The van der Waals surface area contributed by atoms with E-state index in [2.05, 4.69) is 15.6 Å². The van der Waals surface area contributed by atoms with E-state index in [1.807, 2.05) is 37.3 Å². The van der Waals surface area contributed by atoms with Crippen LogP contribution in [0, 0.1) is 11.6 Å². The van der Waals surface area contributed by atoms with Crippen LogP contribution in [0.4, 0.5) is 14.5 Å². The molecule has 0 aliphatic heterocycles. The molecule has 2 aromatic carbocycles. The summed E-state index contributed by atoms with van der Waals surface area (Å²) in [4.78, 5) is 28.7. The first-order valence-electron chi connectivity index (χ1n) is 8.51. The Morgan fingerprint density at radius 3 is 2.25 bits per heavy atom. The summed E-state index contributed by atoms with van der Waals surface area (Å²) in [5.74, 6) is -3.06. The third-order valence-electron chi connectivity index (χ3n) is 4.09. The highest BCUT2D eigenvalue weighted by molar-refractivity contribution is 6.05. The number of hydrogen-bond acceptors (Lipinski definition) is 3. The maximum absolute atomic E-state index is 13.3. The minimum Gasteiger partial charge on any atom is -0.345 e. The number of pyridine rings is 1. The maximum atomic E-state index is 13.3. The maximum Gasteiger partial charge on any atom is 0.257 e. The number of carbonyl (C=O) groups excluding carboxylic acids is 2. The highest BCUT2D eigenvalue weighted by Gasteiger charge is 2.15. The third kappa shape index (κ3) is 4.56. The van der Waals surface area contributed by atoms with E-state index in [4.69, 9.17) is 0 Å². The molecule has 1 unspecified atom stereocenters. The number of rotatable bonds is 5. The first kappa shape index (κ1) is 19.2. The van der Waals surface area contributed by atoms with Crippen molar-refractivity contribution in [2.45, 2.75) is 13.0 Å². The molecule has 3 rings (SSSR count). The Bertz CT molecular complexity index is 1010. The first-order chi connectivity index (χ1) is 13.4. The van der Waals surface area contributed by atoms with E-state index >= 15 is 0 Å². The van der Waals surface area contributed by atoms with Gasteiger partial charge in [0.15, 0.2) is 11.6 Å². The molecule has 2 N–H and O–H groups in total. The van der Waals surface area contributed by atoms with Crippen LogP contribution in [-0.4, -0.2) is 16.8 Å². The van der Waals surface area contributed by atoms with Crippen LogP contribution in [0.15, 0.2) is 67.0 Å². The molecule has 7 heteroatoms. The van der Waals surface area contributed by atoms with Crippen molar-refractivity contribution in [2.75, 3.05) is 5.32 Å². The Morgan fingerprint density at radius 1 is 0.893 bits per heavy atom. The van der Waals surface area contributed by atoms with Crippen LogP contribution in [0.25, 0.3) is 0 Å². The fourth-order valence-electron chi connectivity index (χ4n) is 2.57. The predicted molar refractivity (Wildman–Crippen MR) is 101 cm³/mol. The van der Waals surface area contributed by atoms with Crippen LogP contribution in [0.2, 0.25) is 0 Å². The lowest BCUT2D eigenvalue weighted by molar-refractivity contribution is 0.0939. The molecule has 1 atom stereocenters. The van der Waals surface area contributed by atoms with Gasteiger partial charge in [0.1, 0.15) is 0 Å². The van der Waals surface area contributed by atoms with Gasteiger partial charge in [0.2, 0.25) is 0 Å². The molecule has 1 heterocycles. The quantitative estimate of drug-likeness (QED) is 0.699. The Kier molecular flexibility index (Phi) is 5.74. The van der Waals surface area contributed by atoms with E-state index in [-0.39, 0.29) is 28.8 Å². The number of carbonyl (C=O) groups is 2. The number of hydrogen-bond donors (Lipinski definition) is 2. The Hall–Kier alpha value is -3.61. The van der Waals surface area contributed by atoms with Crippen LogP contribution < -0.4 is 10.6 Å². The van der Waals surface area contributed by atoms with Gasteiger partial charge in [-0.1, -0.05) is 30.3 Å². The number of amides is 2. The molecule has 0 bridgehead atoms. The highest BCUT2D eigenvalue weighted by atomic mass is 19.2. The van der Waals surface area contributed by atoms with Crippen LogP contribution >= 0.6 is 0 Å². The average molecular weight is 381 g/mol. The number of nitrogens with one attached hydrogen (secondary N) is 2. The Morgan fingerprint density at radius 2 is 1.57 bits per heavy atom. The third-order valence-corrected chi connectivity index (χ3v) is 4.09. The van der Waals surface area contributed by atoms with Crippen molar-refractivity contribution in [3.63, 3.8) is 0 Å². The average Bonchev–Trinajstić information content (AvgIpc) is 2.71. The predicted octanol–water partition coefficient (Wildman–Crippen LogP) is 4.10. The second-order valence-electron chi connectivity index (χ2n) is 6.15. The topological polar surface area (TPSA) is 71.1 Å². The molecule has 2 amide bonds. The van der Waals surface area contributed by atoms with Crippen LogP contribution in [0.5, 0.6) is 0 Å². The molecule has 3 aromatic rings. The lowest BCUT2D eigenvalue weighted by Crippen LogP contribution is -2.27. The molecule has 0 saturated heterocycles. The van der Waals surface area contributed by atoms with Gasteiger partial charge in [0, 0.05) is 24.1 Å². The summed E-state index contributed by atoms with van der Waals surface area (Å²) in [5, 5.41) is 5.28. The summed E-state index contributed by atoms with van der Waals surface area (Å²) in [6, 6.07) is 13.6. The van der Waals surface area contributed by atoms with Gasteiger partial charge in [-0.25, -0.2) is 8.78 Å². The van der Waals surface area contributed by atoms with Gasteiger partial charge in [0.25, 0.3) is 11.8 Å². The molecule has 0 fully saturated rings. The molecule has 0 spiro atoms. The number of nitrogens with zero attached hydrogens (tertiary/aromatic N) is 1. The SMILES string of the molecule is CC(NC(=O)c1cncc(C(=O)Nc2ccc(F)c(F)c2)c1)c1ccccc1. The summed E-state index contributed by atoms with van der Waals surface area (Å²) in [5.41, 5.74) is 1.36. The van der Waals surface area contributed by atoms with Gasteiger partial charge in [-0.05, 0) is 30.7 Å². The second kappa shape index (κ2) is 8.39. The molecule has 0 aliphatic rings. The number of benzene rings is 2. The molecule has 142 valence electrons. The molecule has 0 saturated carbocycles. The van der Waals surface area contributed by atoms with Crippen molar-refractivity contribution in [2.24, 2.45) is 0 Å². The van der Waals surface area contributed by atoms with E-state index in [1.165, 1.54) is 24.5 Å². The van der Waals surface area contributed by atoms with Crippen LogP contribution in [0.1, 0.15) is 39.2 Å². The lowest BCUT2D eigenvalue weighted by atomic mass is 10.1. The lowest BCUT2D eigenvalue weighted by Gasteiger charge is -2.14. The zero-order chi connectivity index (χ0) is 20.1. The van der Waals surface area contributed by atoms with E-state index in [1.54, 1.807) is 0 Å². The van der Waals surface area contributed by atoms with E-state index in [9.17, 15) is 18.4 Å². The summed E-state index contributed by atoms with van der Waals surface area (Å²) < 4.78 is 26.3.